The predicted octanol–water partition coefficient (Wildman–Crippen LogP) is 12.4. The smallest absolute Gasteiger partial charge is 0.234 e. The molecule has 0 saturated heterocycles. The van der Waals surface area contributed by atoms with Crippen LogP contribution in [0.25, 0.3) is 72.5 Å². The van der Waals surface area contributed by atoms with Crippen molar-refractivity contribution in [2.24, 2.45) is 0 Å². The van der Waals surface area contributed by atoms with Gasteiger partial charge in [0.05, 0.1) is 22.8 Å². The van der Waals surface area contributed by atoms with Crippen molar-refractivity contribution in [2.75, 3.05) is 4.90 Å². The van der Waals surface area contributed by atoms with Gasteiger partial charge in [-0.3, -0.25) is 0 Å². The van der Waals surface area contributed by atoms with Gasteiger partial charge in [-0.2, -0.15) is 9.97 Å². The number of para-hydroxylation sites is 1. The van der Waals surface area contributed by atoms with Gasteiger partial charge in [0.1, 0.15) is 0 Å². The summed E-state index contributed by atoms with van der Waals surface area (Å²) in [6.07, 6.45) is 8.93. The molecule has 2 aliphatic rings. The lowest BCUT2D eigenvalue weighted by Gasteiger charge is -2.27. The van der Waals surface area contributed by atoms with Crippen molar-refractivity contribution in [1.29, 1.82) is 0 Å². The van der Waals surface area contributed by atoms with Gasteiger partial charge < -0.3 is 9.47 Å². The van der Waals surface area contributed by atoms with Crippen molar-refractivity contribution in [3.63, 3.8) is 0 Å². The normalized spacial score (nSPS) is 15.7. The van der Waals surface area contributed by atoms with Crippen LogP contribution in [-0.4, -0.2) is 25.6 Å². The molecule has 3 heterocycles. The fourth-order valence-corrected chi connectivity index (χ4v) is 8.60. The minimum Gasteiger partial charge on any atom is -0.307 e. The highest BCUT2D eigenvalue weighted by atomic mass is 15.3. The number of allylic oxidation sites excluding steroid dienone is 2. The second-order valence-corrected chi connectivity index (χ2v) is 14.4. The minimum atomic E-state index is -0.0197. The summed E-state index contributed by atoms with van der Waals surface area (Å²) in [5, 5.41) is 2.39. The van der Waals surface area contributed by atoms with Crippen LogP contribution in [0.4, 0.5) is 11.6 Å². The Balaban J connectivity index is 1.16. The number of hydrogen-bond donors (Lipinski definition) is 0. The molecule has 0 fully saturated rings. The van der Waals surface area contributed by atoms with E-state index in [0.717, 1.165) is 39.1 Å². The first kappa shape index (κ1) is 32.1. The zero-order valence-corrected chi connectivity index (χ0v) is 30.4. The molecular weight excluding hydrogens is 683 g/mol. The molecule has 1 aliphatic heterocycles. The molecule has 0 radical (unpaired) electrons. The van der Waals surface area contributed by atoms with Crippen LogP contribution in [0.1, 0.15) is 11.5 Å². The van der Waals surface area contributed by atoms with Crippen molar-refractivity contribution in [3.8, 4) is 50.7 Å². The lowest BCUT2D eigenvalue weighted by atomic mass is 9.91. The standard InChI is InChI=1S/C51H35N5/c1-4-16-34(17-5-1)37-22-14-23-38(32-37)39-24-15-25-40(33-39)55-45-28-12-10-26-41(45)43-30-31-44-42-27-11-13-29-46(42)56(48(44)47(43)55)51-53-49(35-18-6-2-7-19-35)52-50(54-51)36-20-8-3-9-21-36/h1-33,42,46H. The Labute approximate surface area is 325 Å². The van der Waals surface area contributed by atoms with Crippen LogP contribution in [-0.2, 0) is 0 Å². The van der Waals surface area contributed by atoms with E-state index < -0.39 is 0 Å². The number of aromatic nitrogens is 4. The molecule has 56 heavy (non-hydrogen) atoms. The van der Waals surface area contributed by atoms with E-state index in [2.05, 4.69) is 173 Å². The van der Waals surface area contributed by atoms with Gasteiger partial charge in [0.15, 0.2) is 11.6 Å². The van der Waals surface area contributed by atoms with Gasteiger partial charge in [-0.25, -0.2) is 4.98 Å². The van der Waals surface area contributed by atoms with Crippen LogP contribution >= 0.6 is 0 Å². The SMILES string of the molecule is C1=CC2c3ccc4c5ccccc5n(-c5cccc(-c6cccc(-c7ccccc7)c6)c5)c4c3N(c3nc(-c4ccccc4)nc(-c4ccccc4)n3)C2C=C1. The fourth-order valence-electron chi connectivity index (χ4n) is 8.60. The van der Waals surface area contributed by atoms with Crippen LogP contribution in [0.5, 0.6) is 0 Å². The summed E-state index contributed by atoms with van der Waals surface area (Å²) in [5.74, 6) is 2.04. The Bertz CT molecular complexity index is 2930. The van der Waals surface area contributed by atoms with E-state index in [1.165, 1.54) is 33.0 Å². The van der Waals surface area contributed by atoms with Crippen LogP contribution in [0.2, 0.25) is 0 Å². The van der Waals surface area contributed by atoms with E-state index in [4.69, 9.17) is 15.0 Å². The third-order valence-corrected chi connectivity index (χ3v) is 11.2. The fraction of sp³-hybridized carbons (Fsp3) is 0.0392. The summed E-state index contributed by atoms with van der Waals surface area (Å²) in [6.45, 7) is 0. The number of fused-ring (bicyclic) bond motifs is 7. The van der Waals surface area contributed by atoms with E-state index in [1.54, 1.807) is 0 Å². The largest absolute Gasteiger partial charge is 0.307 e. The lowest BCUT2D eigenvalue weighted by molar-refractivity contribution is 0.728. The molecule has 0 N–H and O–H groups in total. The summed E-state index contributed by atoms with van der Waals surface area (Å²) in [5.41, 5.74) is 12.4. The lowest BCUT2D eigenvalue weighted by Crippen LogP contribution is -2.30. The molecule has 0 amide bonds. The Hall–Kier alpha value is -7.37. The molecule has 2 unspecified atom stereocenters. The number of rotatable bonds is 6. The molecule has 7 aromatic carbocycles. The van der Waals surface area contributed by atoms with E-state index in [1.807, 2.05) is 36.4 Å². The van der Waals surface area contributed by atoms with Gasteiger partial charge in [0.25, 0.3) is 0 Å². The van der Waals surface area contributed by atoms with E-state index in [0.29, 0.717) is 17.6 Å². The highest BCUT2D eigenvalue weighted by Gasteiger charge is 2.41. The van der Waals surface area contributed by atoms with Crippen molar-refractivity contribution in [1.82, 2.24) is 19.5 Å². The predicted molar refractivity (Wildman–Crippen MR) is 229 cm³/mol. The van der Waals surface area contributed by atoms with Crippen molar-refractivity contribution in [3.05, 3.63) is 206 Å². The topological polar surface area (TPSA) is 46.8 Å². The molecule has 1 aliphatic carbocycles. The van der Waals surface area contributed by atoms with Gasteiger partial charge in [-0.05, 0) is 52.1 Å². The molecule has 5 nitrogen and oxygen atoms in total. The second kappa shape index (κ2) is 13.2. The maximum atomic E-state index is 5.29. The quantitative estimate of drug-likeness (QED) is 0.172. The number of hydrogen-bond acceptors (Lipinski definition) is 4. The van der Waals surface area contributed by atoms with Crippen LogP contribution in [0, 0.1) is 0 Å². The Morgan fingerprint density at radius 2 is 1.00 bits per heavy atom. The zero-order valence-electron chi connectivity index (χ0n) is 30.4. The maximum absolute atomic E-state index is 5.29. The third-order valence-electron chi connectivity index (χ3n) is 11.2. The summed E-state index contributed by atoms with van der Waals surface area (Å²) >= 11 is 0. The van der Waals surface area contributed by atoms with Gasteiger partial charge in [-0.15, -0.1) is 0 Å². The van der Waals surface area contributed by atoms with Crippen molar-refractivity contribution < 1.29 is 0 Å². The zero-order chi connectivity index (χ0) is 37.0. The number of nitrogens with zero attached hydrogens (tertiary/aromatic N) is 5. The average molecular weight is 718 g/mol. The molecular formula is C51H35N5. The molecule has 264 valence electrons. The van der Waals surface area contributed by atoms with Gasteiger partial charge in [-0.1, -0.05) is 176 Å². The van der Waals surface area contributed by atoms with Crippen LogP contribution in [0.15, 0.2) is 200 Å². The summed E-state index contributed by atoms with van der Waals surface area (Å²) in [7, 11) is 0. The highest BCUT2D eigenvalue weighted by Crippen LogP contribution is 2.52. The monoisotopic (exact) mass is 717 g/mol. The van der Waals surface area contributed by atoms with Crippen LogP contribution in [0.3, 0.4) is 0 Å². The molecule has 11 rings (SSSR count). The Morgan fingerprint density at radius 1 is 0.429 bits per heavy atom. The Morgan fingerprint density at radius 3 is 1.71 bits per heavy atom. The van der Waals surface area contributed by atoms with Gasteiger partial charge >= 0.3 is 0 Å². The molecule has 0 bridgehead atoms. The summed E-state index contributed by atoms with van der Waals surface area (Å²) in [4.78, 5) is 18.0. The average Bonchev–Trinajstić information content (AvgIpc) is 3.80. The highest BCUT2D eigenvalue weighted by molar-refractivity contribution is 6.15. The first-order chi connectivity index (χ1) is 27.8. The van der Waals surface area contributed by atoms with Crippen LogP contribution < -0.4 is 4.90 Å². The molecule has 9 aromatic rings. The number of benzene rings is 7. The maximum Gasteiger partial charge on any atom is 0.234 e. The first-order valence-electron chi connectivity index (χ1n) is 19.1. The van der Waals surface area contributed by atoms with Gasteiger partial charge in [0.2, 0.25) is 5.95 Å². The molecule has 5 heteroatoms. The van der Waals surface area contributed by atoms with E-state index in [-0.39, 0.29) is 12.0 Å². The molecule has 0 spiro atoms. The third kappa shape index (κ3) is 5.28. The van der Waals surface area contributed by atoms with E-state index >= 15 is 0 Å². The molecule has 2 aromatic heterocycles. The molecule has 2 atom stereocenters. The second-order valence-electron chi connectivity index (χ2n) is 14.4. The van der Waals surface area contributed by atoms with E-state index in [9.17, 15) is 0 Å². The van der Waals surface area contributed by atoms with Gasteiger partial charge in [0, 0.05) is 33.5 Å². The molecule has 0 saturated carbocycles. The summed E-state index contributed by atoms with van der Waals surface area (Å²) < 4.78 is 2.45. The number of anilines is 2. The first-order valence-corrected chi connectivity index (χ1v) is 19.1. The van der Waals surface area contributed by atoms with Crippen molar-refractivity contribution in [2.45, 2.75) is 12.0 Å². The Kier molecular flexibility index (Phi) is 7.56. The minimum absolute atomic E-state index is 0.0197. The summed E-state index contributed by atoms with van der Waals surface area (Å²) in [6, 6.07) is 62.2. The van der Waals surface area contributed by atoms with Crippen molar-refractivity contribution >= 4 is 33.4 Å².